The molecule has 0 radical (unpaired) electrons. The maximum Gasteiger partial charge on any atom is 0.257 e. The number of amides is 1. The summed E-state index contributed by atoms with van der Waals surface area (Å²) in [7, 11) is 0. The molecule has 0 bridgehead atoms. The second kappa shape index (κ2) is 7.61. The molecule has 27 heavy (non-hydrogen) atoms. The van der Waals surface area contributed by atoms with Gasteiger partial charge in [0.2, 0.25) is 0 Å². The molecule has 0 N–H and O–H groups in total. The zero-order valence-electron chi connectivity index (χ0n) is 15.2. The number of para-hydroxylation sites is 1. The molecule has 1 aliphatic rings. The molecule has 6 heteroatoms. The van der Waals surface area contributed by atoms with Gasteiger partial charge in [-0.25, -0.2) is 0 Å². The van der Waals surface area contributed by atoms with Gasteiger partial charge in [0.1, 0.15) is 11.9 Å². The quantitative estimate of drug-likeness (QED) is 0.706. The average molecular weight is 363 g/mol. The van der Waals surface area contributed by atoms with Gasteiger partial charge in [0, 0.05) is 37.1 Å². The third-order valence-corrected chi connectivity index (χ3v) is 4.68. The second-order valence-corrected chi connectivity index (χ2v) is 6.65. The number of likely N-dealkylation sites (tertiary alicyclic amines) is 1. The van der Waals surface area contributed by atoms with Gasteiger partial charge in [-0.3, -0.25) is 4.79 Å². The van der Waals surface area contributed by atoms with Crippen LogP contribution in [0.5, 0.6) is 5.75 Å². The predicted octanol–water partition coefficient (Wildman–Crippen LogP) is 3.73. The third kappa shape index (κ3) is 4.00. The first-order valence-electron chi connectivity index (χ1n) is 9.11. The molecule has 138 valence electrons. The molecule has 0 saturated carbocycles. The van der Waals surface area contributed by atoms with Crippen molar-refractivity contribution in [3.8, 4) is 17.2 Å². The zero-order valence-corrected chi connectivity index (χ0v) is 15.2. The van der Waals surface area contributed by atoms with Gasteiger partial charge in [0.15, 0.2) is 5.82 Å². The van der Waals surface area contributed by atoms with Crippen LogP contribution in [-0.2, 0) is 0 Å². The summed E-state index contributed by atoms with van der Waals surface area (Å²) in [5, 5.41) is 3.79. The van der Waals surface area contributed by atoms with Crippen LogP contribution in [0.15, 0.2) is 59.1 Å². The topological polar surface area (TPSA) is 68.5 Å². The van der Waals surface area contributed by atoms with Crippen LogP contribution in [0.1, 0.15) is 29.0 Å². The van der Waals surface area contributed by atoms with Crippen LogP contribution < -0.4 is 4.74 Å². The van der Waals surface area contributed by atoms with E-state index < -0.39 is 0 Å². The van der Waals surface area contributed by atoms with Crippen molar-refractivity contribution in [2.75, 3.05) is 13.1 Å². The van der Waals surface area contributed by atoms with Crippen molar-refractivity contribution in [2.45, 2.75) is 25.9 Å². The maximum atomic E-state index is 12.8. The molecule has 0 unspecified atom stereocenters. The number of carbonyl (C=O) groups is 1. The summed E-state index contributed by atoms with van der Waals surface area (Å²) in [6.45, 7) is 3.16. The Kier molecular flexibility index (Phi) is 4.87. The summed E-state index contributed by atoms with van der Waals surface area (Å²) in [4.78, 5) is 18.8. The minimum atomic E-state index is 0.0430. The Morgan fingerprint density at radius 3 is 2.41 bits per heavy atom. The summed E-state index contributed by atoms with van der Waals surface area (Å²) in [5.74, 6) is 1.98. The molecule has 0 aliphatic carbocycles. The maximum absolute atomic E-state index is 12.8. The lowest BCUT2D eigenvalue weighted by molar-refractivity contribution is 0.0595. The van der Waals surface area contributed by atoms with Crippen LogP contribution in [0.2, 0.25) is 0 Å². The molecule has 4 rings (SSSR count). The van der Waals surface area contributed by atoms with E-state index in [0.29, 0.717) is 30.4 Å². The van der Waals surface area contributed by atoms with E-state index in [0.717, 1.165) is 24.2 Å². The summed E-state index contributed by atoms with van der Waals surface area (Å²) in [6, 6.07) is 17.1. The molecular formula is C21H21N3O3. The van der Waals surface area contributed by atoms with E-state index in [9.17, 15) is 4.79 Å². The smallest absolute Gasteiger partial charge is 0.257 e. The SMILES string of the molecule is Cc1noc(-c2ccc(C(=O)N3CCC(Oc4ccccc4)CC3)cc2)n1. The molecule has 6 nitrogen and oxygen atoms in total. The molecule has 2 heterocycles. The number of benzene rings is 2. The Balaban J connectivity index is 1.35. The van der Waals surface area contributed by atoms with Gasteiger partial charge in [-0.15, -0.1) is 0 Å². The van der Waals surface area contributed by atoms with Crippen LogP contribution in [0, 0.1) is 6.92 Å². The first-order chi connectivity index (χ1) is 13.2. The van der Waals surface area contributed by atoms with Gasteiger partial charge < -0.3 is 14.2 Å². The largest absolute Gasteiger partial charge is 0.490 e. The van der Waals surface area contributed by atoms with Gasteiger partial charge in [-0.05, 0) is 43.3 Å². The lowest BCUT2D eigenvalue weighted by Crippen LogP contribution is -2.41. The molecule has 0 atom stereocenters. The fraction of sp³-hybridized carbons (Fsp3) is 0.286. The van der Waals surface area contributed by atoms with Gasteiger partial charge in [-0.2, -0.15) is 4.98 Å². The van der Waals surface area contributed by atoms with E-state index in [1.807, 2.05) is 59.5 Å². The highest BCUT2D eigenvalue weighted by molar-refractivity contribution is 5.94. The molecule has 2 aromatic carbocycles. The van der Waals surface area contributed by atoms with Gasteiger partial charge in [0.25, 0.3) is 11.8 Å². The highest BCUT2D eigenvalue weighted by atomic mass is 16.5. The first kappa shape index (κ1) is 17.3. The average Bonchev–Trinajstić information content (AvgIpc) is 3.15. The van der Waals surface area contributed by atoms with E-state index >= 15 is 0 Å². The first-order valence-corrected chi connectivity index (χ1v) is 9.11. The summed E-state index contributed by atoms with van der Waals surface area (Å²) >= 11 is 0. The molecule has 0 spiro atoms. The fourth-order valence-electron chi connectivity index (χ4n) is 3.22. The molecule has 1 amide bonds. The summed E-state index contributed by atoms with van der Waals surface area (Å²) < 4.78 is 11.2. The standard InChI is InChI=1S/C21H21N3O3/c1-15-22-20(27-23-15)16-7-9-17(10-8-16)21(25)24-13-11-19(12-14-24)26-18-5-3-2-4-6-18/h2-10,19H,11-14H2,1H3. The van der Waals surface area contributed by atoms with Crippen LogP contribution >= 0.6 is 0 Å². The Bertz CT molecular complexity index is 898. The Morgan fingerprint density at radius 1 is 1.07 bits per heavy atom. The van der Waals surface area contributed by atoms with Gasteiger partial charge in [-0.1, -0.05) is 23.4 Å². The third-order valence-electron chi connectivity index (χ3n) is 4.68. The number of aryl methyl sites for hydroxylation is 1. The number of hydrogen-bond acceptors (Lipinski definition) is 5. The predicted molar refractivity (Wildman–Crippen MR) is 100 cm³/mol. The Morgan fingerprint density at radius 2 is 1.78 bits per heavy atom. The fourth-order valence-corrected chi connectivity index (χ4v) is 3.22. The molecule has 1 aromatic heterocycles. The van der Waals surface area contributed by atoms with Gasteiger partial charge >= 0.3 is 0 Å². The van der Waals surface area contributed by atoms with E-state index in [-0.39, 0.29) is 12.0 Å². The van der Waals surface area contributed by atoms with Crippen molar-refractivity contribution < 1.29 is 14.1 Å². The molecule has 1 fully saturated rings. The molecule has 3 aromatic rings. The number of piperidine rings is 1. The van der Waals surface area contributed by atoms with Crippen LogP contribution in [-0.4, -0.2) is 40.1 Å². The Labute approximate surface area is 157 Å². The highest BCUT2D eigenvalue weighted by Crippen LogP contribution is 2.22. The normalized spacial score (nSPS) is 14.9. The highest BCUT2D eigenvalue weighted by Gasteiger charge is 2.24. The van der Waals surface area contributed by atoms with Crippen molar-refractivity contribution in [3.63, 3.8) is 0 Å². The van der Waals surface area contributed by atoms with E-state index in [4.69, 9.17) is 9.26 Å². The number of hydrogen-bond donors (Lipinski definition) is 0. The lowest BCUT2D eigenvalue weighted by atomic mass is 10.1. The van der Waals surface area contributed by atoms with Crippen molar-refractivity contribution in [1.82, 2.24) is 15.0 Å². The summed E-state index contributed by atoms with van der Waals surface area (Å²) in [6.07, 6.45) is 1.82. The van der Waals surface area contributed by atoms with Crippen LogP contribution in [0.3, 0.4) is 0 Å². The zero-order chi connectivity index (χ0) is 18.6. The van der Waals surface area contributed by atoms with Gasteiger partial charge in [0.05, 0.1) is 0 Å². The summed E-state index contributed by atoms with van der Waals surface area (Å²) in [5.41, 5.74) is 1.47. The van der Waals surface area contributed by atoms with Crippen molar-refractivity contribution in [1.29, 1.82) is 0 Å². The van der Waals surface area contributed by atoms with E-state index in [1.54, 1.807) is 6.92 Å². The Hall–Kier alpha value is -3.15. The molecular weight excluding hydrogens is 342 g/mol. The number of nitrogens with zero attached hydrogens (tertiary/aromatic N) is 3. The van der Waals surface area contributed by atoms with Crippen molar-refractivity contribution in [2.24, 2.45) is 0 Å². The van der Waals surface area contributed by atoms with Crippen LogP contribution in [0.4, 0.5) is 0 Å². The monoisotopic (exact) mass is 363 g/mol. The minimum Gasteiger partial charge on any atom is -0.490 e. The van der Waals surface area contributed by atoms with Crippen LogP contribution in [0.25, 0.3) is 11.5 Å². The molecule has 1 aliphatic heterocycles. The number of carbonyl (C=O) groups excluding carboxylic acids is 1. The number of rotatable bonds is 4. The number of ether oxygens (including phenoxy) is 1. The van der Waals surface area contributed by atoms with Crippen molar-refractivity contribution >= 4 is 5.91 Å². The second-order valence-electron chi connectivity index (χ2n) is 6.65. The van der Waals surface area contributed by atoms with E-state index in [1.165, 1.54) is 0 Å². The molecule has 1 saturated heterocycles. The lowest BCUT2D eigenvalue weighted by Gasteiger charge is -2.32. The van der Waals surface area contributed by atoms with Crippen molar-refractivity contribution in [3.05, 3.63) is 66.0 Å². The van der Waals surface area contributed by atoms with E-state index in [2.05, 4.69) is 10.1 Å². The minimum absolute atomic E-state index is 0.0430. The number of aromatic nitrogens is 2.